The van der Waals surface area contributed by atoms with Crippen molar-refractivity contribution in [1.29, 1.82) is 0 Å². The molecule has 1 saturated heterocycles. The number of halogens is 1. The third-order valence-corrected chi connectivity index (χ3v) is 7.97. The normalized spacial score (nSPS) is 17.1. The van der Waals surface area contributed by atoms with E-state index in [0.717, 1.165) is 0 Å². The maximum Gasteiger partial charge on any atom is 0.243 e. The number of hydrogen-bond acceptors (Lipinski definition) is 10. The summed E-state index contributed by atoms with van der Waals surface area (Å²) in [5.41, 5.74) is 0.366. The van der Waals surface area contributed by atoms with E-state index in [1.165, 1.54) is 38.1 Å². The molecule has 0 radical (unpaired) electrons. The molecule has 1 fully saturated rings. The predicted molar refractivity (Wildman–Crippen MR) is 143 cm³/mol. The first-order chi connectivity index (χ1) is 18.6. The minimum absolute atomic E-state index is 0.124. The van der Waals surface area contributed by atoms with E-state index in [1.54, 1.807) is 32.0 Å². The first kappa shape index (κ1) is 28.5. The van der Waals surface area contributed by atoms with Gasteiger partial charge >= 0.3 is 0 Å². The Hall–Kier alpha value is -3.49. The summed E-state index contributed by atoms with van der Waals surface area (Å²) in [6.07, 6.45) is 2.15. The molecule has 1 aliphatic rings. The molecule has 3 aromatic rings. The topological polar surface area (TPSA) is 159 Å². The van der Waals surface area contributed by atoms with Gasteiger partial charge in [-0.3, -0.25) is 14.1 Å². The third-order valence-electron chi connectivity index (χ3n) is 6.08. The van der Waals surface area contributed by atoms with Crippen molar-refractivity contribution in [3.63, 3.8) is 0 Å². The summed E-state index contributed by atoms with van der Waals surface area (Å²) in [7, 11) is -1.23. The number of carbonyl (C=O) groups is 1. The lowest BCUT2D eigenvalue weighted by Gasteiger charge is -2.25. The van der Waals surface area contributed by atoms with Crippen LogP contribution in [0, 0.1) is 0 Å². The van der Waals surface area contributed by atoms with Crippen molar-refractivity contribution in [3.05, 3.63) is 47.3 Å². The highest BCUT2D eigenvalue weighted by molar-refractivity contribution is 7.93. The van der Waals surface area contributed by atoms with E-state index >= 15 is 0 Å². The Morgan fingerprint density at radius 1 is 1.10 bits per heavy atom. The number of rotatable bonds is 11. The lowest BCUT2D eigenvalue weighted by Crippen LogP contribution is -2.35. The van der Waals surface area contributed by atoms with Crippen LogP contribution in [0.15, 0.2) is 30.6 Å². The number of sulfonamides is 1. The zero-order valence-corrected chi connectivity index (χ0v) is 23.7. The largest absolute Gasteiger partial charge is 0.494 e. The summed E-state index contributed by atoms with van der Waals surface area (Å²) in [6.45, 7) is 5.04. The number of benzene rings is 1. The second-order valence-electron chi connectivity index (χ2n) is 9.10. The highest BCUT2D eigenvalue weighted by Crippen LogP contribution is 2.38. The number of amides is 1. The first-order valence-electron chi connectivity index (χ1n) is 12.2. The number of carbonyl (C=O) groups excluding carboxylic acids is 1. The molecule has 2 aromatic heterocycles. The van der Waals surface area contributed by atoms with E-state index in [-0.39, 0.29) is 23.8 Å². The van der Waals surface area contributed by atoms with Crippen LogP contribution < -0.4 is 19.5 Å². The summed E-state index contributed by atoms with van der Waals surface area (Å²) >= 11 is 5.93. The fraction of sp³-hybridized carbons (Fsp3) is 0.458. The van der Waals surface area contributed by atoms with Gasteiger partial charge in [0.2, 0.25) is 21.9 Å². The van der Waals surface area contributed by atoms with Crippen molar-refractivity contribution in [3.8, 4) is 17.2 Å². The summed E-state index contributed by atoms with van der Waals surface area (Å²) in [6, 6.07) is 4.61. The molecular weight excluding hydrogens is 550 g/mol. The summed E-state index contributed by atoms with van der Waals surface area (Å²) in [5, 5.41) is 10.4. The van der Waals surface area contributed by atoms with Gasteiger partial charge in [0.05, 0.1) is 31.4 Å². The molecule has 1 aliphatic heterocycles. The second-order valence-corrected chi connectivity index (χ2v) is 11.6. The monoisotopic (exact) mass is 579 g/mol. The Morgan fingerprint density at radius 3 is 2.28 bits per heavy atom. The molecule has 39 heavy (non-hydrogen) atoms. The molecule has 15 heteroatoms. The molecule has 13 nitrogen and oxygen atoms in total. The lowest BCUT2D eigenvalue weighted by molar-refractivity contribution is -0.119. The Morgan fingerprint density at radius 2 is 1.74 bits per heavy atom. The maximum absolute atomic E-state index is 13.8. The number of hydrogen-bond donors (Lipinski definition) is 2. The number of para-hydroxylation sites is 1. The molecule has 0 aliphatic carbocycles. The van der Waals surface area contributed by atoms with E-state index in [9.17, 15) is 13.2 Å². The Bertz CT molecular complexity index is 1410. The van der Waals surface area contributed by atoms with Crippen LogP contribution in [0.2, 0.25) is 5.02 Å². The van der Waals surface area contributed by atoms with Crippen LogP contribution in [0.1, 0.15) is 57.4 Å². The van der Waals surface area contributed by atoms with Gasteiger partial charge in [-0.1, -0.05) is 17.7 Å². The predicted octanol–water partition coefficient (Wildman–Crippen LogP) is 2.98. The van der Waals surface area contributed by atoms with Crippen LogP contribution >= 0.6 is 11.6 Å². The van der Waals surface area contributed by atoms with Gasteiger partial charge in [0, 0.05) is 18.8 Å². The molecule has 3 atom stereocenters. The van der Waals surface area contributed by atoms with E-state index in [2.05, 4.69) is 30.2 Å². The molecule has 2 N–H and O–H groups in total. The van der Waals surface area contributed by atoms with Crippen LogP contribution in [-0.4, -0.2) is 64.6 Å². The molecule has 4 rings (SSSR count). The first-order valence-corrected chi connectivity index (χ1v) is 14.1. The zero-order valence-electron chi connectivity index (χ0n) is 22.1. The Balaban J connectivity index is 1.79. The minimum Gasteiger partial charge on any atom is -0.494 e. The molecule has 210 valence electrons. The fourth-order valence-corrected chi connectivity index (χ4v) is 5.38. The summed E-state index contributed by atoms with van der Waals surface area (Å²) < 4.78 is 48.6. The smallest absolute Gasteiger partial charge is 0.243 e. The Kier molecular flexibility index (Phi) is 8.57. The van der Waals surface area contributed by atoms with Crippen molar-refractivity contribution in [1.82, 2.24) is 30.0 Å². The second kappa shape index (κ2) is 11.7. The number of aromatic nitrogens is 5. The van der Waals surface area contributed by atoms with Gasteiger partial charge in [0.25, 0.3) is 0 Å². The van der Waals surface area contributed by atoms with Crippen LogP contribution in [0.5, 0.6) is 11.5 Å². The molecule has 3 heterocycles. The van der Waals surface area contributed by atoms with Gasteiger partial charge in [-0.25, -0.2) is 18.4 Å². The molecule has 1 aromatic carbocycles. The van der Waals surface area contributed by atoms with Gasteiger partial charge in [-0.2, -0.15) is 0 Å². The standard InChI is InChI=1S/C24H30ClN7O6S/c1-13(2)38-21(22-26-11-15(25)12-27-22)14(3)39(34,35)31-24-30-29-23(16-9-10-19(33)28-16)32(24)20-17(36-4)7-6-8-18(20)37-5/h6-8,11-14,16,21H,9-10H2,1-5H3,(H,28,33)(H,30,31)/t14-,16-,21+/m0/s1. The van der Waals surface area contributed by atoms with E-state index in [0.29, 0.717) is 40.9 Å². The van der Waals surface area contributed by atoms with Crippen molar-refractivity contribution in [2.24, 2.45) is 0 Å². The van der Waals surface area contributed by atoms with E-state index < -0.39 is 27.4 Å². The lowest BCUT2D eigenvalue weighted by atomic mass is 10.2. The highest BCUT2D eigenvalue weighted by atomic mass is 35.5. The van der Waals surface area contributed by atoms with Crippen LogP contribution in [0.3, 0.4) is 0 Å². The molecule has 1 amide bonds. The number of ether oxygens (including phenoxy) is 3. The van der Waals surface area contributed by atoms with Gasteiger partial charge < -0.3 is 19.5 Å². The molecular formula is C24H30ClN7O6S. The molecule has 0 unspecified atom stereocenters. The summed E-state index contributed by atoms with van der Waals surface area (Å²) in [5.74, 6) is 0.959. The quantitative estimate of drug-likeness (QED) is 0.345. The maximum atomic E-state index is 13.8. The van der Waals surface area contributed by atoms with Crippen molar-refractivity contribution < 1.29 is 27.4 Å². The number of nitrogens with one attached hydrogen (secondary N) is 2. The average Bonchev–Trinajstić information content (AvgIpc) is 3.52. The number of nitrogens with zero attached hydrogens (tertiary/aromatic N) is 5. The Labute approximate surface area is 231 Å². The molecule has 0 spiro atoms. The SMILES string of the molecule is COc1cccc(OC)c1-n1c(NS(=O)(=O)[C@@H](C)[C@@H](OC(C)C)c2ncc(Cl)cn2)nnc1[C@@H]1CCC(=O)N1. The van der Waals surface area contributed by atoms with Crippen LogP contribution in [0.4, 0.5) is 5.95 Å². The van der Waals surface area contributed by atoms with Crippen molar-refractivity contribution >= 4 is 33.5 Å². The minimum atomic E-state index is -4.19. The van der Waals surface area contributed by atoms with Gasteiger partial charge in [-0.05, 0) is 39.3 Å². The van der Waals surface area contributed by atoms with Gasteiger partial charge in [-0.15, -0.1) is 10.2 Å². The molecule has 0 saturated carbocycles. The third kappa shape index (κ3) is 6.07. The van der Waals surface area contributed by atoms with Crippen molar-refractivity contribution in [2.75, 3.05) is 18.9 Å². The zero-order chi connectivity index (χ0) is 28.3. The summed E-state index contributed by atoms with van der Waals surface area (Å²) in [4.78, 5) is 20.4. The van der Waals surface area contributed by atoms with Gasteiger partial charge in [0.15, 0.2) is 11.6 Å². The molecule has 0 bridgehead atoms. The highest BCUT2D eigenvalue weighted by Gasteiger charge is 2.37. The van der Waals surface area contributed by atoms with E-state index in [1.807, 2.05) is 0 Å². The fourth-order valence-electron chi connectivity index (χ4n) is 4.20. The van der Waals surface area contributed by atoms with Crippen LogP contribution in [0.25, 0.3) is 5.69 Å². The average molecular weight is 580 g/mol. The van der Waals surface area contributed by atoms with Crippen LogP contribution in [-0.2, 0) is 19.6 Å². The van der Waals surface area contributed by atoms with Crippen molar-refractivity contribution in [2.45, 2.75) is 57.1 Å². The van der Waals surface area contributed by atoms with Gasteiger partial charge in [0.1, 0.15) is 28.5 Å². The number of methoxy groups -OCH3 is 2. The number of anilines is 1. The van der Waals surface area contributed by atoms with E-state index in [4.69, 9.17) is 25.8 Å².